The van der Waals surface area contributed by atoms with Crippen molar-refractivity contribution in [2.45, 2.75) is 20.0 Å². The number of halogens is 1. The minimum absolute atomic E-state index is 0.0500. The molecule has 4 aromatic rings. The summed E-state index contributed by atoms with van der Waals surface area (Å²) in [5.41, 5.74) is 5.88. The minimum Gasteiger partial charge on any atom is -0.392 e. The standard InChI is InChI=1S/C27H21FN4O2/c1-17-23-12-13-31(21-8-6-18(7-9-21)24-5-3-2-4-19(24)16-33)27(34)26(23)32(30-17)22-10-11-25(28)20(14-22)15-29/h2-11,14,33H,12-13,16H2,1H3. The van der Waals surface area contributed by atoms with Crippen molar-refractivity contribution >= 4 is 11.6 Å². The highest BCUT2D eigenvalue weighted by molar-refractivity contribution is 6.07. The smallest absolute Gasteiger partial charge is 0.277 e. The first kappa shape index (κ1) is 21.6. The molecule has 0 aliphatic carbocycles. The first-order valence-electron chi connectivity index (χ1n) is 10.9. The Hall–Kier alpha value is -4.28. The van der Waals surface area contributed by atoms with Gasteiger partial charge in [0.1, 0.15) is 17.6 Å². The van der Waals surface area contributed by atoms with Gasteiger partial charge >= 0.3 is 0 Å². The van der Waals surface area contributed by atoms with Gasteiger partial charge < -0.3 is 10.0 Å². The van der Waals surface area contributed by atoms with Crippen LogP contribution in [-0.2, 0) is 13.0 Å². The van der Waals surface area contributed by atoms with Gasteiger partial charge in [-0.05, 0) is 60.4 Å². The van der Waals surface area contributed by atoms with E-state index in [1.165, 1.54) is 22.9 Å². The van der Waals surface area contributed by atoms with E-state index >= 15 is 0 Å². The molecule has 0 saturated carbocycles. The number of nitriles is 1. The first-order valence-corrected chi connectivity index (χ1v) is 10.9. The van der Waals surface area contributed by atoms with E-state index in [2.05, 4.69) is 5.10 Å². The quantitative estimate of drug-likeness (QED) is 0.492. The Balaban J connectivity index is 1.51. The summed E-state index contributed by atoms with van der Waals surface area (Å²) in [7, 11) is 0. The fourth-order valence-corrected chi connectivity index (χ4v) is 4.46. The number of aromatic nitrogens is 2. The normalized spacial score (nSPS) is 13.0. The summed E-state index contributed by atoms with van der Waals surface area (Å²) < 4.78 is 15.4. The largest absolute Gasteiger partial charge is 0.392 e. The van der Waals surface area contributed by atoms with E-state index in [-0.39, 0.29) is 18.1 Å². The molecule has 34 heavy (non-hydrogen) atoms. The maximum atomic E-state index is 13.9. The van der Waals surface area contributed by atoms with Crippen LogP contribution in [-0.4, -0.2) is 27.3 Å². The summed E-state index contributed by atoms with van der Waals surface area (Å²) in [6.07, 6.45) is 0.633. The fraction of sp³-hybridized carbons (Fsp3) is 0.148. The van der Waals surface area contributed by atoms with Crippen LogP contribution in [0.5, 0.6) is 0 Å². The van der Waals surface area contributed by atoms with Crippen molar-refractivity contribution in [1.82, 2.24) is 9.78 Å². The fourth-order valence-electron chi connectivity index (χ4n) is 4.46. The third-order valence-corrected chi connectivity index (χ3v) is 6.21. The van der Waals surface area contributed by atoms with Crippen LogP contribution in [0, 0.1) is 24.1 Å². The van der Waals surface area contributed by atoms with Crippen LogP contribution in [0.1, 0.15) is 32.9 Å². The van der Waals surface area contributed by atoms with E-state index in [0.717, 1.165) is 33.6 Å². The molecular weight excluding hydrogens is 431 g/mol. The Morgan fingerprint density at radius 3 is 2.56 bits per heavy atom. The molecule has 0 bridgehead atoms. The minimum atomic E-state index is -0.611. The second kappa shape index (κ2) is 8.58. The number of anilines is 1. The van der Waals surface area contributed by atoms with Gasteiger partial charge in [0.05, 0.1) is 23.6 Å². The molecule has 1 amide bonds. The van der Waals surface area contributed by atoms with Crippen molar-refractivity contribution < 1.29 is 14.3 Å². The van der Waals surface area contributed by atoms with E-state index in [1.807, 2.05) is 61.5 Å². The van der Waals surface area contributed by atoms with Crippen LogP contribution < -0.4 is 4.90 Å². The average Bonchev–Trinajstić information content (AvgIpc) is 3.22. The predicted octanol–water partition coefficient (Wildman–Crippen LogP) is 4.55. The molecular formula is C27H21FN4O2. The Labute approximate surface area is 196 Å². The summed E-state index contributed by atoms with van der Waals surface area (Å²) in [6, 6.07) is 21.3. The van der Waals surface area contributed by atoms with Crippen LogP contribution in [0.15, 0.2) is 66.7 Å². The third kappa shape index (κ3) is 3.54. The van der Waals surface area contributed by atoms with Gasteiger partial charge in [-0.3, -0.25) is 4.79 Å². The van der Waals surface area contributed by atoms with E-state index in [9.17, 15) is 19.6 Å². The number of fused-ring (bicyclic) bond motifs is 1. The lowest BCUT2D eigenvalue weighted by atomic mass is 9.99. The molecule has 7 heteroatoms. The van der Waals surface area contributed by atoms with E-state index in [1.54, 1.807) is 4.90 Å². The number of amides is 1. The lowest BCUT2D eigenvalue weighted by Crippen LogP contribution is -2.38. The number of carbonyl (C=O) groups is 1. The van der Waals surface area contributed by atoms with Gasteiger partial charge in [0.25, 0.3) is 5.91 Å². The number of carbonyl (C=O) groups excluding carboxylic acids is 1. The molecule has 0 atom stereocenters. The van der Waals surface area contributed by atoms with Gasteiger partial charge in [-0.15, -0.1) is 0 Å². The monoisotopic (exact) mass is 452 g/mol. The zero-order valence-corrected chi connectivity index (χ0v) is 18.5. The molecule has 0 spiro atoms. The molecule has 1 aromatic heterocycles. The number of aliphatic hydroxyl groups excluding tert-OH is 1. The number of aliphatic hydroxyl groups is 1. The second-order valence-corrected chi connectivity index (χ2v) is 8.17. The average molecular weight is 452 g/mol. The molecule has 2 heterocycles. The Bertz CT molecular complexity index is 1450. The van der Waals surface area contributed by atoms with E-state index in [4.69, 9.17) is 0 Å². The second-order valence-electron chi connectivity index (χ2n) is 8.17. The van der Waals surface area contributed by atoms with Crippen molar-refractivity contribution in [2.24, 2.45) is 0 Å². The Kier molecular flexibility index (Phi) is 5.44. The van der Waals surface area contributed by atoms with Crippen molar-refractivity contribution in [3.05, 3.63) is 101 Å². The van der Waals surface area contributed by atoms with Crippen LogP contribution >= 0.6 is 0 Å². The highest BCUT2D eigenvalue weighted by Gasteiger charge is 2.32. The SMILES string of the molecule is Cc1nn(-c2ccc(F)c(C#N)c2)c2c1CCN(c1ccc(-c3ccccc3CO)cc1)C2=O. The molecule has 0 fully saturated rings. The van der Waals surface area contributed by atoms with Crippen molar-refractivity contribution in [2.75, 3.05) is 11.4 Å². The zero-order chi connectivity index (χ0) is 23.8. The van der Waals surface area contributed by atoms with Crippen molar-refractivity contribution in [3.8, 4) is 22.9 Å². The lowest BCUT2D eigenvalue weighted by molar-refractivity contribution is 0.0973. The molecule has 1 N–H and O–H groups in total. The van der Waals surface area contributed by atoms with Gasteiger partial charge in [-0.25, -0.2) is 9.07 Å². The molecule has 1 aliphatic heterocycles. The Morgan fingerprint density at radius 1 is 1.09 bits per heavy atom. The lowest BCUT2D eigenvalue weighted by Gasteiger charge is -2.28. The maximum Gasteiger partial charge on any atom is 0.277 e. The summed E-state index contributed by atoms with van der Waals surface area (Å²) in [5, 5.41) is 23.4. The topological polar surface area (TPSA) is 82.2 Å². The van der Waals surface area contributed by atoms with Crippen molar-refractivity contribution in [1.29, 1.82) is 5.26 Å². The van der Waals surface area contributed by atoms with Gasteiger partial charge in [0.15, 0.2) is 0 Å². The Morgan fingerprint density at radius 2 is 1.82 bits per heavy atom. The van der Waals surface area contributed by atoms with Crippen LogP contribution in [0.4, 0.5) is 10.1 Å². The van der Waals surface area contributed by atoms with Gasteiger partial charge in [0, 0.05) is 17.8 Å². The molecule has 5 rings (SSSR count). The molecule has 0 unspecified atom stereocenters. The highest BCUT2D eigenvalue weighted by Crippen LogP contribution is 2.31. The first-order chi connectivity index (χ1) is 16.5. The summed E-state index contributed by atoms with van der Waals surface area (Å²) in [5.74, 6) is -0.812. The van der Waals surface area contributed by atoms with Crippen LogP contribution in [0.2, 0.25) is 0 Å². The summed E-state index contributed by atoms with van der Waals surface area (Å²) in [6.45, 7) is 2.31. The van der Waals surface area contributed by atoms with Gasteiger partial charge in [0.2, 0.25) is 0 Å². The summed E-state index contributed by atoms with van der Waals surface area (Å²) in [4.78, 5) is 15.3. The third-order valence-electron chi connectivity index (χ3n) is 6.21. The van der Waals surface area contributed by atoms with E-state index < -0.39 is 5.82 Å². The maximum absolute atomic E-state index is 13.9. The number of aryl methyl sites for hydroxylation is 1. The molecule has 168 valence electrons. The number of hydrogen-bond acceptors (Lipinski definition) is 4. The number of benzene rings is 3. The highest BCUT2D eigenvalue weighted by atomic mass is 19.1. The van der Waals surface area contributed by atoms with Crippen molar-refractivity contribution in [3.63, 3.8) is 0 Å². The van der Waals surface area contributed by atoms with E-state index in [0.29, 0.717) is 24.3 Å². The molecule has 3 aromatic carbocycles. The molecule has 6 nitrogen and oxygen atoms in total. The van der Waals surface area contributed by atoms with Gasteiger partial charge in [-0.2, -0.15) is 10.4 Å². The molecule has 0 saturated heterocycles. The zero-order valence-electron chi connectivity index (χ0n) is 18.5. The molecule has 1 aliphatic rings. The summed E-state index contributed by atoms with van der Waals surface area (Å²) >= 11 is 0. The van der Waals surface area contributed by atoms with Crippen LogP contribution in [0.25, 0.3) is 16.8 Å². The van der Waals surface area contributed by atoms with Gasteiger partial charge in [-0.1, -0.05) is 36.4 Å². The number of hydrogen-bond donors (Lipinski definition) is 1. The number of rotatable bonds is 4. The van der Waals surface area contributed by atoms with Crippen LogP contribution in [0.3, 0.4) is 0 Å². The predicted molar refractivity (Wildman–Crippen MR) is 126 cm³/mol. The molecule has 0 radical (unpaired) electrons. The number of nitrogens with zero attached hydrogens (tertiary/aromatic N) is 4.